The van der Waals surface area contributed by atoms with Crippen LogP contribution in [0.4, 0.5) is 0 Å². The second-order valence-corrected chi connectivity index (χ2v) is 10.8. The van der Waals surface area contributed by atoms with Gasteiger partial charge in [-0.15, -0.1) is 20.4 Å². The highest BCUT2D eigenvalue weighted by atomic mass is 16.4. The highest BCUT2D eigenvalue weighted by molar-refractivity contribution is 5.59. The summed E-state index contributed by atoms with van der Waals surface area (Å²) in [7, 11) is 0. The van der Waals surface area contributed by atoms with Crippen LogP contribution in [0.1, 0.15) is 52.7 Å². The lowest BCUT2D eigenvalue weighted by Gasteiger charge is -2.18. The van der Waals surface area contributed by atoms with Gasteiger partial charge < -0.3 is 8.83 Å². The van der Waals surface area contributed by atoms with Gasteiger partial charge in [0.15, 0.2) is 0 Å². The lowest BCUT2D eigenvalue weighted by molar-refractivity contribution is 0.576. The van der Waals surface area contributed by atoms with Crippen molar-refractivity contribution in [2.75, 3.05) is 0 Å². The van der Waals surface area contributed by atoms with Crippen molar-refractivity contribution in [1.29, 1.82) is 0 Å². The fraction of sp³-hybridized carbons (Fsp3) is 0.286. The van der Waals surface area contributed by atoms with Gasteiger partial charge in [-0.3, -0.25) is 0 Å². The minimum atomic E-state index is 0.0735. The molecule has 182 valence electrons. The van der Waals surface area contributed by atoms with E-state index in [9.17, 15) is 0 Å². The normalized spacial score (nSPS) is 12.2. The molecule has 3 heterocycles. The van der Waals surface area contributed by atoms with E-state index in [1.807, 2.05) is 24.3 Å². The average molecular weight is 481 g/mol. The third kappa shape index (κ3) is 4.79. The summed E-state index contributed by atoms with van der Waals surface area (Å²) in [5.74, 6) is 1.75. The molecule has 0 fully saturated rings. The minimum absolute atomic E-state index is 0.0735. The molecular formula is C28H28N6O2. The van der Waals surface area contributed by atoms with Gasteiger partial charge in [0.25, 0.3) is 11.8 Å². The Hall–Kier alpha value is -4.20. The van der Waals surface area contributed by atoms with Gasteiger partial charge in [0.05, 0.1) is 5.56 Å². The molecule has 0 radical (unpaired) electrons. The molecule has 2 aromatic carbocycles. The van der Waals surface area contributed by atoms with Crippen molar-refractivity contribution >= 4 is 0 Å². The van der Waals surface area contributed by atoms with Crippen LogP contribution < -0.4 is 0 Å². The lowest BCUT2D eigenvalue weighted by Crippen LogP contribution is -2.10. The van der Waals surface area contributed by atoms with Crippen molar-refractivity contribution in [1.82, 2.24) is 30.4 Å². The maximum Gasteiger partial charge on any atom is 0.286 e. The van der Waals surface area contributed by atoms with Gasteiger partial charge in [-0.25, -0.2) is 9.97 Å². The van der Waals surface area contributed by atoms with Gasteiger partial charge in [0, 0.05) is 23.5 Å². The zero-order chi connectivity index (χ0) is 25.5. The van der Waals surface area contributed by atoms with Crippen molar-refractivity contribution in [3.05, 3.63) is 72.1 Å². The summed E-state index contributed by atoms with van der Waals surface area (Å²) in [4.78, 5) is 8.73. The first-order valence-corrected chi connectivity index (χ1v) is 11.8. The molecule has 0 aliphatic rings. The van der Waals surface area contributed by atoms with E-state index >= 15 is 0 Å². The van der Waals surface area contributed by atoms with Gasteiger partial charge in [-0.05, 0) is 46.2 Å². The van der Waals surface area contributed by atoms with Gasteiger partial charge >= 0.3 is 0 Å². The number of hydrogen-bond donors (Lipinski definition) is 0. The van der Waals surface area contributed by atoms with Gasteiger partial charge in [-0.2, -0.15) is 0 Å². The number of rotatable bonds is 4. The Morgan fingerprint density at radius 3 is 1.25 bits per heavy atom. The molecule has 0 N–H and O–H groups in total. The number of nitrogens with zero attached hydrogens (tertiary/aromatic N) is 6. The first-order chi connectivity index (χ1) is 17.1. The highest BCUT2D eigenvalue weighted by Crippen LogP contribution is 2.29. The van der Waals surface area contributed by atoms with Gasteiger partial charge in [0.1, 0.15) is 0 Å². The van der Waals surface area contributed by atoms with Crippen LogP contribution in [-0.2, 0) is 10.8 Å². The van der Waals surface area contributed by atoms with E-state index in [0.717, 1.165) is 11.1 Å². The van der Waals surface area contributed by atoms with E-state index in [4.69, 9.17) is 8.83 Å². The molecule has 0 unspecified atom stereocenters. The molecule has 36 heavy (non-hydrogen) atoms. The fourth-order valence-electron chi connectivity index (χ4n) is 3.66. The van der Waals surface area contributed by atoms with Crippen LogP contribution in [0, 0.1) is 0 Å². The Balaban J connectivity index is 1.32. The van der Waals surface area contributed by atoms with Crippen LogP contribution in [0.5, 0.6) is 0 Å². The lowest BCUT2D eigenvalue weighted by atomic mass is 9.87. The molecule has 5 rings (SSSR count). The molecule has 8 heteroatoms. The molecule has 0 saturated heterocycles. The Morgan fingerprint density at radius 2 is 0.833 bits per heavy atom. The second-order valence-electron chi connectivity index (χ2n) is 10.8. The average Bonchev–Trinajstić information content (AvgIpc) is 3.54. The molecule has 3 aromatic heterocycles. The minimum Gasteiger partial charge on any atom is -0.416 e. The van der Waals surface area contributed by atoms with Crippen molar-refractivity contribution < 1.29 is 8.83 Å². The van der Waals surface area contributed by atoms with Crippen molar-refractivity contribution in [3.8, 4) is 46.1 Å². The summed E-state index contributed by atoms with van der Waals surface area (Å²) >= 11 is 0. The van der Waals surface area contributed by atoms with E-state index in [2.05, 4.69) is 96.2 Å². The third-order valence-corrected chi connectivity index (χ3v) is 5.94. The van der Waals surface area contributed by atoms with Gasteiger partial charge in [0.2, 0.25) is 17.6 Å². The highest BCUT2D eigenvalue weighted by Gasteiger charge is 2.18. The smallest absolute Gasteiger partial charge is 0.286 e. The number of hydrogen-bond acceptors (Lipinski definition) is 8. The summed E-state index contributed by atoms with van der Waals surface area (Å²) in [6.07, 6.45) is 3.20. The molecule has 0 aliphatic carbocycles. The molecule has 0 bridgehead atoms. The predicted octanol–water partition coefficient (Wildman–Crippen LogP) is 6.51. The monoisotopic (exact) mass is 480 g/mol. The number of benzene rings is 2. The molecule has 0 atom stereocenters. The maximum absolute atomic E-state index is 5.87. The molecule has 0 spiro atoms. The first-order valence-electron chi connectivity index (χ1n) is 11.8. The van der Waals surface area contributed by atoms with Crippen LogP contribution in [0.3, 0.4) is 0 Å². The first kappa shape index (κ1) is 23.5. The standard InChI is InChI=1S/C28H28N6O2/c1-27(2,3)20-11-7-17(8-12-20)23-31-33-25(35-23)19-15-29-22(30-16-19)26-34-32-24(36-26)18-9-13-21(14-10-18)28(4,5)6/h7-16H,1-6H3. The summed E-state index contributed by atoms with van der Waals surface area (Å²) in [5, 5.41) is 16.6. The fourth-order valence-corrected chi connectivity index (χ4v) is 3.66. The summed E-state index contributed by atoms with van der Waals surface area (Å²) in [5.41, 5.74) is 4.91. The Morgan fingerprint density at radius 1 is 0.472 bits per heavy atom. The molecule has 0 amide bonds. The zero-order valence-electron chi connectivity index (χ0n) is 21.3. The SMILES string of the molecule is CC(C)(C)c1ccc(-c2nnc(-c3cnc(-c4nnc(-c5ccc(C(C)(C)C)cc5)o4)nc3)o2)cc1. The van der Waals surface area contributed by atoms with E-state index in [0.29, 0.717) is 29.1 Å². The molecule has 0 saturated carbocycles. The van der Waals surface area contributed by atoms with Crippen molar-refractivity contribution in [2.24, 2.45) is 0 Å². The topological polar surface area (TPSA) is 104 Å². The molecule has 0 aliphatic heterocycles. The van der Waals surface area contributed by atoms with Crippen molar-refractivity contribution in [3.63, 3.8) is 0 Å². The largest absolute Gasteiger partial charge is 0.416 e. The van der Waals surface area contributed by atoms with Crippen LogP contribution in [0.2, 0.25) is 0 Å². The summed E-state index contributed by atoms with van der Waals surface area (Å²) in [6, 6.07) is 16.2. The van der Waals surface area contributed by atoms with Crippen LogP contribution in [0.15, 0.2) is 69.8 Å². The second kappa shape index (κ2) is 8.78. The van der Waals surface area contributed by atoms with E-state index in [1.54, 1.807) is 12.4 Å². The molecule has 8 nitrogen and oxygen atoms in total. The molecular weight excluding hydrogens is 452 g/mol. The number of aromatic nitrogens is 6. The van der Waals surface area contributed by atoms with Crippen LogP contribution in [0.25, 0.3) is 46.1 Å². The van der Waals surface area contributed by atoms with E-state index in [1.165, 1.54) is 11.1 Å². The third-order valence-electron chi connectivity index (χ3n) is 5.94. The maximum atomic E-state index is 5.87. The summed E-state index contributed by atoms with van der Waals surface area (Å²) in [6.45, 7) is 13.1. The molecule has 5 aromatic rings. The Labute approximate surface area is 209 Å². The van der Waals surface area contributed by atoms with Crippen LogP contribution in [-0.4, -0.2) is 30.4 Å². The quantitative estimate of drug-likeness (QED) is 0.287. The van der Waals surface area contributed by atoms with E-state index in [-0.39, 0.29) is 16.7 Å². The van der Waals surface area contributed by atoms with Crippen LogP contribution >= 0.6 is 0 Å². The van der Waals surface area contributed by atoms with Crippen molar-refractivity contribution in [2.45, 2.75) is 52.4 Å². The Kier molecular flexibility index (Phi) is 5.74. The van der Waals surface area contributed by atoms with Gasteiger partial charge in [-0.1, -0.05) is 65.8 Å². The van der Waals surface area contributed by atoms with E-state index < -0.39 is 0 Å². The zero-order valence-corrected chi connectivity index (χ0v) is 21.3. The Bertz CT molecular complexity index is 1350. The summed E-state index contributed by atoms with van der Waals surface area (Å²) < 4.78 is 11.7. The predicted molar refractivity (Wildman–Crippen MR) is 137 cm³/mol.